The maximum Gasteiger partial charge on any atom is 0.337 e. The third-order valence-electron chi connectivity index (χ3n) is 10.9. The van der Waals surface area contributed by atoms with Gasteiger partial charge in [0.1, 0.15) is 34.9 Å². The first-order chi connectivity index (χ1) is 30.4. The smallest absolute Gasteiger partial charge is 0.337 e. The number of thiophene rings is 1. The number of H-pyrrole nitrogens is 1. The van der Waals surface area contributed by atoms with Crippen molar-refractivity contribution in [3.63, 3.8) is 0 Å². The predicted octanol–water partition coefficient (Wildman–Crippen LogP) is 8.35. The number of aromatic carboxylic acids is 1. The van der Waals surface area contributed by atoms with E-state index >= 15 is 0 Å². The van der Waals surface area contributed by atoms with Crippen LogP contribution < -0.4 is 15.4 Å². The lowest BCUT2D eigenvalue weighted by molar-refractivity contribution is -0.122. The maximum atomic E-state index is 13.4. The summed E-state index contributed by atoms with van der Waals surface area (Å²) in [7, 11) is 0. The van der Waals surface area contributed by atoms with Crippen LogP contribution in [0, 0.1) is 20.8 Å². The number of aliphatic imine (C=N–C) groups is 1. The zero-order valence-electron chi connectivity index (χ0n) is 34.7. The number of rotatable bonds is 17. The van der Waals surface area contributed by atoms with Crippen LogP contribution in [0.2, 0.25) is 10.0 Å². The van der Waals surface area contributed by atoms with Crippen molar-refractivity contribution in [2.45, 2.75) is 72.0 Å². The molecule has 324 valence electrons. The number of unbranched alkanes of at least 4 members (excludes halogenated alkanes) is 2. The highest BCUT2D eigenvalue weighted by atomic mass is 35.5. The molecule has 7 aromatic rings. The lowest BCUT2D eigenvalue weighted by Gasteiger charge is -2.13. The van der Waals surface area contributed by atoms with Crippen molar-refractivity contribution < 1.29 is 24.2 Å². The van der Waals surface area contributed by atoms with Gasteiger partial charge in [-0.25, -0.2) is 4.79 Å². The fourth-order valence-electron chi connectivity index (χ4n) is 7.55. The summed E-state index contributed by atoms with van der Waals surface area (Å²) in [5.41, 5.74) is 6.82. The van der Waals surface area contributed by atoms with Crippen molar-refractivity contribution in [2.24, 2.45) is 4.99 Å². The molecule has 2 amide bonds. The molecule has 0 aliphatic carbocycles. The number of aromatic amines is 1. The Morgan fingerprint density at radius 2 is 1.70 bits per heavy atom. The summed E-state index contributed by atoms with van der Waals surface area (Å²) in [5.74, 6) is 0.710. The fraction of sp³-hybridized carbons (Fsp3) is 0.289. The van der Waals surface area contributed by atoms with E-state index in [1.807, 2.05) is 66.2 Å². The van der Waals surface area contributed by atoms with Gasteiger partial charge in [-0.2, -0.15) is 0 Å². The average molecular weight is 908 g/mol. The number of nitrogens with one attached hydrogen (secondary N) is 3. The van der Waals surface area contributed by atoms with E-state index in [1.54, 1.807) is 28.2 Å². The number of ether oxygens (including phenoxy) is 1. The minimum atomic E-state index is -1.01. The summed E-state index contributed by atoms with van der Waals surface area (Å²) in [4.78, 5) is 46.8. The van der Waals surface area contributed by atoms with Gasteiger partial charge in [-0.15, -0.1) is 26.6 Å². The van der Waals surface area contributed by atoms with Crippen molar-refractivity contribution in [1.82, 2.24) is 45.4 Å². The summed E-state index contributed by atoms with van der Waals surface area (Å²) in [5, 5.41) is 35.4. The van der Waals surface area contributed by atoms with Crippen LogP contribution in [0.15, 0.2) is 78.0 Å². The molecule has 4 N–H and O–H groups in total. The molecule has 0 spiro atoms. The number of hydrogen-bond acceptors (Lipinski definition) is 10. The van der Waals surface area contributed by atoms with Gasteiger partial charge in [-0.3, -0.25) is 23.8 Å². The number of aryl methyl sites for hydroxylation is 3. The third kappa shape index (κ3) is 9.67. The Morgan fingerprint density at radius 3 is 2.48 bits per heavy atom. The number of aromatic nitrogens is 7. The standard InChI is InChI=1S/C45H44Cl2N10O5S/c1-25-26(2)63-44-41(25)42(29-8-12-30(46)13-9-29)51-38(43-54-52-27(3)57(43)44)21-40(59)50-22-31-24-56(55-53-31)17-6-4-5-7-39(58)48-16-18-62-32-14-10-28(11-15-32)33-19-34-35(45(60)61)23-49-37(34)20-36(33)47/h8-15,19-20,23-24,38,49H,4-7,16-18,21-22H2,1-3H3,(H,48,58)(H,50,59)(H,60,61)/t38-/m0/s1. The van der Waals surface area contributed by atoms with E-state index in [-0.39, 0.29) is 30.3 Å². The normalized spacial score (nSPS) is 13.3. The Labute approximate surface area is 376 Å². The van der Waals surface area contributed by atoms with Crippen molar-refractivity contribution in [2.75, 3.05) is 13.2 Å². The Balaban J connectivity index is 0.753. The van der Waals surface area contributed by atoms with Crippen LogP contribution in [0.3, 0.4) is 0 Å². The highest BCUT2D eigenvalue weighted by Crippen LogP contribution is 2.40. The Bertz CT molecular complexity index is 2840. The molecule has 0 unspecified atom stereocenters. The minimum Gasteiger partial charge on any atom is -0.492 e. The lowest BCUT2D eigenvalue weighted by Crippen LogP contribution is -2.27. The van der Waals surface area contributed by atoms with E-state index in [1.165, 1.54) is 11.1 Å². The third-order valence-corrected chi connectivity index (χ3v) is 12.7. The number of carbonyl (C=O) groups is 3. The molecule has 0 saturated heterocycles. The second-order valence-corrected chi connectivity index (χ2v) is 17.3. The zero-order chi connectivity index (χ0) is 44.2. The largest absolute Gasteiger partial charge is 0.492 e. The number of carboxylic acids is 1. The molecule has 3 aromatic carbocycles. The lowest BCUT2D eigenvalue weighted by atomic mass is 9.99. The molecule has 8 rings (SSSR count). The summed E-state index contributed by atoms with van der Waals surface area (Å²) in [6, 6.07) is 17.8. The van der Waals surface area contributed by atoms with Gasteiger partial charge in [0.15, 0.2) is 5.82 Å². The monoisotopic (exact) mass is 906 g/mol. The van der Waals surface area contributed by atoms with Gasteiger partial charge in [0.2, 0.25) is 11.8 Å². The SMILES string of the molecule is Cc1sc2c(c1C)C(c1ccc(Cl)cc1)=N[C@@H](CC(=O)NCc1cn(CCCCCC(=O)NCCOc3ccc(-c4cc5c(C(=O)O)c[nH]c5cc4Cl)cc3)nn1)c1nnc(C)n1-2. The number of carboxylic acid groups (broad SMARTS) is 1. The maximum absolute atomic E-state index is 13.4. The quantitative estimate of drug-likeness (QED) is 0.0650. The summed E-state index contributed by atoms with van der Waals surface area (Å²) in [6.07, 6.45) is 6.10. The van der Waals surface area contributed by atoms with Crippen LogP contribution in [0.5, 0.6) is 5.75 Å². The van der Waals surface area contributed by atoms with Crippen LogP contribution >= 0.6 is 34.5 Å². The molecule has 63 heavy (non-hydrogen) atoms. The molecule has 18 heteroatoms. The van der Waals surface area contributed by atoms with E-state index in [9.17, 15) is 19.5 Å². The first-order valence-electron chi connectivity index (χ1n) is 20.5. The van der Waals surface area contributed by atoms with Crippen LogP contribution in [0.1, 0.15) is 87.4 Å². The van der Waals surface area contributed by atoms with E-state index in [2.05, 4.69) is 50.0 Å². The molecule has 0 bridgehead atoms. The number of halogens is 2. The number of fused-ring (bicyclic) bond motifs is 4. The van der Waals surface area contributed by atoms with Crippen molar-refractivity contribution in [3.05, 3.63) is 128 Å². The second-order valence-electron chi connectivity index (χ2n) is 15.3. The van der Waals surface area contributed by atoms with Crippen molar-refractivity contribution >= 4 is 68.9 Å². The highest BCUT2D eigenvalue weighted by molar-refractivity contribution is 7.15. The number of benzene rings is 3. The molecule has 4 aromatic heterocycles. The Morgan fingerprint density at radius 1 is 0.921 bits per heavy atom. The minimum absolute atomic E-state index is 0.0457. The van der Waals surface area contributed by atoms with Gasteiger partial charge >= 0.3 is 5.97 Å². The summed E-state index contributed by atoms with van der Waals surface area (Å²) in [6.45, 7) is 7.60. The van der Waals surface area contributed by atoms with Crippen LogP contribution in [0.4, 0.5) is 0 Å². The average Bonchev–Trinajstić information content (AvgIpc) is 4.04. The number of carbonyl (C=O) groups excluding carboxylic acids is 2. The second kappa shape index (κ2) is 18.9. The summed E-state index contributed by atoms with van der Waals surface area (Å²) < 4.78 is 9.59. The molecular weight excluding hydrogens is 864 g/mol. The zero-order valence-corrected chi connectivity index (χ0v) is 37.1. The topological polar surface area (TPSA) is 194 Å². The number of nitrogens with zero attached hydrogens (tertiary/aromatic N) is 7. The van der Waals surface area contributed by atoms with Crippen LogP contribution in [0.25, 0.3) is 27.0 Å². The molecular formula is C45H44Cl2N10O5S. The molecule has 0 saturated carbocycles. The summed E-state index contributed by atoms with van der Waals surface area (Å²) >= 11 is 14.4. The van der Waals surface area contributed by atoms with Crippen LogP contribution in [-0.2, 0) is 22.7 Å². The molecule has 0 fully saturated rings. The first kappa shape index (κ1) is 43.3. The molecule has 0 radical (unpaired) electrons. The Hall–Kier alpha value is -6.36. The molecule has 1 aliphatic rings. The van der Waals surface area contributed by atoms with E-state index in [0.717, 1.165) is 58.1 Å². The molecule has 5 heterocycles. The van der Waals surface area contributed by atoms with Gasteiger partial charge in [0.05, 0.1) is 42.0 Å². The van der Waals surface area contributed by atoms with Crippen molar-refractivity contribution in [3.8, 4) is 21.9 Å². The molecule has 1 aliphatic heterocycles. The Kier molecular flexibility index (Phi) is 13.0. The van der Waals surface area contributed by atoms with Gasteiger partial charge < -0.3 is 25.5 Å². The predicted molar refractivity (Wildman–Crippen MR) is 242 cm³/mol. The van der Waals surface area contributed by atoms with Crippen molar-refractivity contribution in [1.29, 1.82) is 0 Å². The van der Waals surface area contributed by atoms with E-state index < -0.39 is 12.0 Å². The van der Waals surface area contributed by atoms with E-state index in [4.69, 9.17) is 32.9 Å². The molecule has 15 nitrogen and oxygen atoms in total. The number of hydrogen-bond donors (Lipinski definition) is 4. The van der Waals surface area contributed by atoms with Gasteiger partial charge in [-0.05, 0) is 81.1 Å². The highest BCUT2D eigenvalue weighted by Gasteiger charge is 2.32. The van der Waals surface area contributed by atoms with Crippen LogP contribution in [-0.4, -0.2) is 76.5 Å². The number of amides is 2. The van der Waals surface area contributed by atoms with Gasteiger partial charge in [-0.1, -0.05) is 59.1 Å². The molecule has 1 atom stereocenters. The van der Waals surface area contributed by atoms with Gasteiger partial charge in [0, 0.05) is 56.7 Å². The fourth-order valence-corrected chi connectivity index (χ4v) is 9.17. The first-order valence-corrected chi connectivity index (χ1v) is 22.1. The van der Waals surface area contributed by atoms with E-state index in [0.29, 0.717) is 69.9 Å². The van der Waals surface area contributed by atoms with Gasteiger partial charge in [0.25, 0.3) is 0 Å².